The number of pyridine rings is 1. The van der Waals surface area contributed by atoms with Gasteiger partial charge in [0, 0.05) is 6.54 Å². The molecule has 2 saturated heterocycles. The number of anilines is 1. The Labute approximate surface area is 196 Å². The summed E-state index contributed by atoms with van der Waals surface area (Å²) >= 11 is 9.27. The van der Waals surface area contributed by atoms with Crippen molar-refractivity contribution in [3.05, 3.63) is 16.7 Å². The molecule has 30 heavy (non-hydrogen) atoms. The SMILES string of the molecule is CCSc1nc2c3c(nc(Cl)c(F)c3n1)C[C@@H](C)[C@H]1[C@@H]3CC[C@H](CN21)N3C(=O)OI. The van der Waals surface area contributed by atoms with Gasteiger partial charge in [-0.1, -0.05) is 37.2 Å². The Morgan fingerprint density at radius 3 is 2.90 bits per heavy atom. The number of thioether (sulfide) groups is 1. The summed E-state index contributed by atoms with van der Waals surface area (Å²) in [6.07, 6.45) is 2.15. The highest BCUT2D eigenvalue weighted by Crippen LogP contribution is 2.45. The maximum Gasteiger partial charge on any atom is 0.419 e. The van der Waals surface area contributed by atoms with Crippen LogP contribution in [-0.2, 0) is 9.49 Å². The summed E-state index contributed by atoms with van der Waals surface area (Å²) in [5, 5.41) is 1.02. The summed E-state index contributed by atoms with van der Waals surface area (Å²) in [4.78, 5) is 30.4. The van der Waals surface area contributed by atoms with E-state index in [-0.39, 0.29) is 40.8 Å². The van der Waals surface area contributed by atoms with Crippen LogP contribution >= 0.6 is 46.4 Å². The highest BCUT2D eigenvalue weighted by Gasteiger charge is 2.52. The minimum absolute atomic E-state index is 0.0166. The number of piperazine rings is 1. The van der Waals surface area contributed by atoms with Crippen molar-refractivity contribution >= 4 is 69.2 Å². The van der Waals surface area contributed by atoms with Crippen LogP contribution in [0.2, 0.25) is 5.15 Å². The molecule has 2 aromatic rings. The molecule has 0 spiro atoms. The molecule has 5 heterocycles. The van der Waals surface area contributed by atoms with Gasteiger partial charge in [0.05, 0.1) is 29.2 Å². The Kier molecular flexibility index (Phi) is 5.37. The molecular formula is C19H20ClFIN5O2S. The zero-order chi connectivity index (χ0) is 21.2. The van der Waals surface area contributed by atoms with E-state index in [4.69, 9.17) is 19.7 Å². The van der Waals surface area contributed by atoms with Crippen molar-refractivity contribution in [2.45, 2.75) is 56.4 Å². The highest BCUT2D eigenvalue weighted by atomic mass is 127. The fourth-order valence-corrected chi connectivity index (χ4v) is 6.36. The summed E-state index contributed by atoms with van der Waals surface area (Å²) < 4.78 is 20.0. The van der Waals surface area contributed by atoms with Crippen molar-refractivity contribution in [3.63, 3.8) is 0 Å². The van der Waals surface area contributed by atoms with Crippen molar-refractivity contribution in [1.29, 1.82) is 0 Å². The molecule has 11 heteroatoms. The molecule has 2 bridgehead atoms. The molecule has 0 N–H and O–H groups in total. The first kappa shape index (κ1) is 20.7. The second kappa shape index (κ2) is 7.77. The fraction of sp³-hybridized carbons (Fsp3) is 0.579. The molecule has 0 saturated carbocycles. The molecule has 7 nitrogen and oxygen atoms in total. The first-order valence-electron chi connectivity index (χ1n) is 10.0. The van der Waals surface area contributed by atoms with E-state index in [0.717, 1.165) is 24.3 Å². The lowest BCUT2D eigenvalue weighted by atomic mass is 9.88. The minimum Gasteiger partial charge on any atom is -0.378 e. The highest BCUT2D eigenvalue weighted by molar-refractivity contribution is 14.1. The van der Waals surface area contributed by atoms with Gasteiger partial charge in [-0.15, -0.1) is 0 Å². The van der Waals surface area contributed by atoms with Gasteiger partial charge in [-0.25, -0.2) is 24.1 Å². The monoisotopic (exact) mass is 563 g/mol. The molecule has 0 aromatic carbocycles. The van der Waals surface area contributed by atoms with E-state index < -0.39 is 5.82 Å². The predicted molar refractivity (Wildman–Crippen MR) is 122 cm³/mol. The van der Waals surface area contributed by atoms with Crippen molar-refractivity contribution in [3.8, 4) is 0 Å². The quantitative estimate of drug-likeness (QED) is 0.228. The van der Waals surface area contributed by atoms with Gasteiger partial charge < -0.3 is 7.97 Å². The molecule has 0 aliphatic carbocycles. The molecule has 1 amide bonds. The molecule has 0 unspecified atom stereocenters. The van der Waals surface area contributed by atoms with Gasteiger partial charge in [-0.3, -0.25) is 4.90 Å². The second-order valence-electron chi connectivity index (χ2n) is 8.02. The van der Waals surface area contributed by atoms with E-state index in [1.54, 1.807) is 23.0 Å². The third-order valence-corrected chi connectivity index (χ3v) is 7.77. The number of amides is 1. The molecule has 4 atom stereocenters. The predicted octanol–water partition coefficient (Wildman–Crippen LogP) is 4.63. The maximum absolute atomic E-state index is 15.0. The van der Waals surface area contributed by atoms with Crippen LogP contribution in [0.15, 0.2) is 5.16 Å². The minimum atomic E-state index is -0.599. The number of aromatic nitrogens is 3. The largest absolute Gasteiger partial charge is 0.419 e. The van der Waals surface area contributed by atoms with Gasteiger partial charge in [0.2, 0.25) is 0 Å². The number of fused-ring (bicyclic) bond motifs is 5. The fourth-order valence-electron chi connectivity index (χ4n) is 5.37. The lowest BCUT2D eigenvalue weighted by Gasteiger charge is -2.48. The van der Waals surface area contributed by atoms with Crippen LogP contribution in [0.5, 0.6) is 0 Å². The average molecular weight is 564 g/mol. The van der Waals surface area contributed by atoms with Crippen molar-refractivity contribution in [2.24, 2.45) is 5.92 Å². The van der Waals surface area contributed by atoms with Crippen LogP contribution < -0.4 is 4.90 Å². The summed E-state index contributed by atoms with van der Waals surface area (Å²) in [7, 11) is 0. The first-order chi connectivity index (χ1) is 14.4. The Bertz CT molecular complexity index is 1050. The summed E-state index contributed by atoms with van der Waals surface area (Å²) in [5.74, 6) is 1.05. The van der Waals surface area contributed by atoms with E-state index in [0.29, 0.717) is 29.3 Å². The van der Waals surface area contributed by atoms with Gasteiger partial charge in [-0.2, -0.15) is 0 Å². The number of halogens is 3. The van der Waals surface area contributed by atoms with Crippen LogP contribution in [0.1, 0.15) is 32.4 Å². The Morgan fingerprint density at radius 1 is 1.37 bits per heavy atom. The van der Waals surface area contributed by atoms with E-state index in [9.17, 15) is 9.18 Å². The maximum atomic E-state index is 15.0. The van der Waals surface area contributed by atoms with E-state index in [1.165, 1.54) is 11.8 Å². The number of nitrogens with zero attached hydrogens (tertiary/aromatic N) is 5. The molecule has 160 valence electrons. The topological polar surface area (TPSA) is 71.5 Å². The van der Waals surface area contributed by atoms with Crippen LogP contribution in [0.4, 0.5) is 15.0 Å². The van der Waals surface area contributed by atoms with Gasteiger partial charge in [0.25, 0.3) is 0 Å². The van der Waals surface area contributed by atoms with Crippen LogP contribution in [-0.4, -0.2) is 56.4 Å². The molecule has 2 fully saturated rings. The van der Waals surface area contributed by atoms with Gasteiger partial charge in [-0.05, 0) is 30.9 Å². The summed E-state index contributed by atoms with van der Waals surface area (Å²) in [6, 6.07) is 0.0930. The third-order valence-electron chi connectivity index (χ3n) is 6.41. The van der Waals surface area contributed by atoms with Gasteiger partial charge in [0.1, 0.15) is 11.3 Å². The molecule has 3 aliphatic heterocycles. The summed E-state index contributed by atoms with van der Waals surface area (Å²) in [6.45, 7) is 4.79. The lowest BCUT2D eigenvalue weighted by Crippen LogP contribution is -2.63. The lowest BCUT2D eigenvalue weighted by molar-refractivity contribution is 0.107. The first-order valence-corrected chi connectivity index (χ1v) is 12.2. The number of carbonyl (C=O) groups is 1. The number of hydrogen-bond acceptors (Lipinski definition) is 7. The zero-order valence-electron chi connectivity index (χ0n) is 16.4. The molecule has 2 aromatic heterocycles. The van der Waals surface area contributed by atoms with E-state index >= 15 is 0 Å². The average Bonchev–Trinajstić information content (AvgIpc) is 2.97. The number of carbonyl (C=O) groups excluding carboxylic acids is 1. The summed E-state index contributed by atoms with van der Waals surface area (Å²) in [5.41, 5.74) is 0.959. The Hall–Kier alpha value is -1.14. The standard InChI is InChI=1S/C19H20ClFIN5O2S/c1-3-30-18-24-14-12-10(23-16(20)13(14)21)6-8(2)15-11-5-4-9(27(11)19(28)29-22)7-26(15)17(12)25-18/h8-9,11,15H,3-7H2,1-2H3/t8-,9-,11+,15+/m1/s1. The number of hydrogen-bond donors (Lipinski definition) is 0. The Morgan fingerprint density at radius 2 is 2.17 bits per heavy atom. The normalized spacial score (nSPS) is 27.2. The van der Waals surface area contributed by atoms with Crippen molar-refractivity contribution in [1.82, 2.24) is 19.9 Å². The molecule has 5 rings (SSSR count). The third kappa shape index (κ3) is 3.04. The Balaban J connectivity index is 1.72. The van der Waals surface area contributed by atoms with E-state index in [1.807, 2.05) is 11.8 Å². The van der Waals surface area contributed by atoms with Gasteiger partial charge in [0.15, 0.2) is 39.1 Å². The van der Waals surface area contributed by atoms with Crippen molar-refractivity contribution in [2.75, 3.05) is 17.2 Å². The number of rotatable bonds is 2. The second-order valence-corrected chi connectivity index (χ2v) is 10.1. The van der Waals surface area contributed by atoms with Crippen molar-refractivity contribution < 1.29 is 12.3 Å². The van der Waals surface area contributed by atoms with Crippen LogP contribution in [0, 0.1) is 11.7 Å². The molecular weight excluding hydrogens is 544 g/mol. The molecule has 3 aliphatic rings. The van der Waals surface area contributed by atoms with Crippen LogP contribution in [0.3, 0.4) is 0 Å². The zero-order valence-corrected chi connectivity index (χ0v) is 20.2. The molecule has 0 radical (unpaired) electrons. The van der Waals surface area contributed by atoms with Gasteiger partial charge >= 0.3 is 6.09 Å². The van der Waals surface area contributed by atoms with E-state index in [2.05, 4.69) is 21.8 Å². The smallest absolute Gasteiger partial charge is 0.378 e. The van der Waals surface area contributed by atoms with Crippen LogP contribution in [0.25, 0.3) is 10.9 Å².